The van der Waals surface area contributed by atoms with Crippen molar-refractivity contribution in [1.82, 2.24) is 0 Å². The van der Waals surface area contributed by atoms with Gasteiger partial charge in [-0.05, 0) is 37.0 Å². The van der Waals surface area contributed by atoms with Crippen LogP contribution in [0, 0.1) is 11.6 Å². The van der Waals surface area contributed by atoms with E-state index >= 15 is 0 Å². The summed E-state index contributed by atoms with van der Waals surface area (Å²) < 4.78 is 31.4. The van der Waals surface area contributed by atoms with Crippen LogP contribution in [0.15, 0.2) is 18.2 Å². The van der Waals surface area contributed by atoms with Gasteiger partial charge in [0.2, 0.25) is 0 Å². The summed E-state index contributed by atoms with van der Waals surface area (Å²) >= 11 is 0. The van der Waals surface area contributed by atoms with Gasteiger partial charge >= 0.3 is 0 Å². The van der Waals surface area contributed by atoms with Crippen LogP contribution in [0.25, 0.3) is 0 Å². The zero-order valence-electron chi connectivity index (χ0n) is 10.1. The molecule has 1 heterocycles. The highest BCUT2D eigenvalue weighted by Gasteiger charge is 2.18. The summed E-state index contributed by atoms with van der Waals surface area (Å²) in [6.45, 7) is 0.701. The highest BCUT2D eigenvalue weighted by molar-refractivity contribution is 5.81. The second kappa shape index (κ2) is 6.05. The van der Waals surface area contributed by atoms with Crippen molar-refractivity contribution >= 4 is 5.78 Å². The fraction of sp³-hybridized carbons (Fsp3) is 0.500. The molecule has 0 aliphatic carbocycles. The van der Waals surface area contributed by atoms with Crippen molar-refractivity contribution in [3.8, 4) is 0 Å². The predicted molar refractivity (Wildman–Crippen MR) is 63.3 cm³/mol. The molecule has 0 bridgehead atoms. The van der Waals surface area contributed by atoms with Gasteiger partial charge in [0.15, 0.2) is 0 Å². The molecule has 1 aliphatic rings. The minimum Gasteiger partial charge on any atom is -0.378 e. The molecule has 0 spiro atoms. The number of benzene rings is 1. The largest absolute Gasteiger partial charge is 0.378 e. The Hall–Kier alpha value is -1.29. The van der Waals surface area contributed by atoms with Crippen LogP contribution in [0.4, 0.5) is 8.78 Å². The number of Topliss-reactive ketones (excluding diaryl/α,β-unsaturated/α-hetero) is 1. The standard InChI is InChI=1S/C14H16F2O2/c15-11-5-10(6-12(16)8-11)7-13(17)9-14-3-1-2-4-18-14/h5-6,8,14H,1-4,7,9H2. The number of carbonyl (C=O) groups is 1. The number of halogens is 2. The van der Waals surface area contributed by atoms with Crippen LogP contribution >= 0.6 is 0 Å². The Morgan fingerprint density at radius 3 is 2.56 bits per heavy atom. The first-order valence-electron chi connectivity index (χ1n) is 6.22. The molecule has 4 heteroatoms. The molecule has 1 aliphatic heterocycles. The van der Waals surface area contributed by atoms with Crippen LogP contribution in [-0.2, 0) is 16.0 Å². The molecule has 1 aromatic rings. The van der Waals surface area contributed by atoms with Crippen molar-refractivity contribution in [3.63, 3.8) is 0 Å². The average molecular weight is 254 g/mol. The Labute approximate surface area is 105 Å². The van der Waals surface area contributed by atoms with Crippen molar-refractivity contribution in [2.75, 3.05) is 6.61 Å². The van der Waals surface area contributed by atoms with E-state index in [4.69, 9.17) is 4.74 Å². The number of rotatable bonds is 4. The van der Waals surface area contributed by atoms with Gasteiger partial charge in [0.05, 0.1) is 6.10 Å². The zero-order valence-corrected chi connectivity index (χ0v) is 10.1. The first-order valence-corrected chi connectivity index (χ1v) is 6.22. The van der Waals surface area contributed by atoms with E-state index in [1.165, 1.54) is 12.1 Å². The smallest absolute Gasteiger partial charge is 0.139 e. The molecule has 0 N–H and O–H groups in total. The maximum Gasteiger partial charge on any atom is 0.139 e. The molecule has 18 heavy (non-hydrogen) atoms. The molecule has 2 rings (SSSR count). The highest BCUT2D eigenvalue weighted by atomic mass is 19.1. The van der Waals surface area contributed by atoms with Gasteiger partial charge in [-0.25, -0.2) is 8.78 Å². The summed E-state index contributed by atoms with van der Waals surface area (Å²) in [5.74, 6) is -1.33. The minimum absolute atomic E-state index is 0.0235. The van der Waals surface area contributed by atoms with Crippen LogP contribution in [0.3, 0.4) is 0 Å². The van der Waals surface area contributed by atoms with Gasteiger partial charge in [-0.15, -0.1) is 0 Å². The van der Waals surface area contributed by atoms with E-state index in [9.17, 15) is 13.6 Å². The summed E-state index contributed by atoms with van der Waals surface area (Å²) in [4.78, 5) is 11.8. The van der Waals surface area contributed by atoms with Crippen LogP contribution < -0.4 is 0 Å². The Morgan fingerprint density at radius 2 is 1.94 bits per heavy atom. The van der Waals surface area contributed by atoms with Crippen LogP contribution in [0.1, 0.15) is 31.2 Å². The molecule has 1 unspecified atom stereocenters. The Bertz CT molecular complexity index is 406. The minimum atomic E-state index is -0.647. The third kappa shape index (κ3) is 3.88. The highest BCUT2D eigenvalue weighted by Crippen LogP contribution is 2.17. The van der Waals surface area contributed by atoms with E-state index in [1.807, 2.05) is 0 Å². The third-order valence-electron chi connectivity index (χ3n) is 3.05. The number of hydrogen-bond donors (Lipinski definition) is 0. The van der Waals surface area contributed by atoms with Gasteiger partial charge in [-0.3, -0.25) is 4.79 Å². The molecule has 98 valence electrons. The lowest BCUT2D eigenvalue weighted by Crippen LogP contribution is -2.23. The molecule has 0 saturated carbocycles. The molecule has 0 radical (unpaired) electrons. The molecular weight excluding hydrogens is 238 g/mol. The van der Waals surface area contributed by atoms with Crippen molar-refractivity contribution < 1.29 is 18.3 Å². The van der Waals surface area contributed by atoms with Gasteiger partial charge in [0.25, 0.3) is 0 Å². The molecule has 1 fully saturated rings. The summed E-state index contributed by atoms with van der Waals surface area (Å²) in [7, 11) is 0. The lowest BCUT2D eigenvalue weighted by atomic mass is 10.00. The predicted octanol–water partition coefficient (Wildman–Crippen LogP) is 3.04. The molecule has 1 aromatic carbocycles. The first-order chi connectivity index (χ1) is 8.63. The second-order valence-corrected chi connectivity index (χ2v) is 4.69. The van der Waals surface area contributed by atoms with Gasteiger partial charge in [0.1, 0.15) is 17.4 Å². The van der Waals surface area contributed by atoms with Gasteiger partial charge in [-0.2, -0.15) is 0 Å². The fourth-order valence-electron chi connectivity index (χ4n) is 2.24. The summed E-state index contributed by atoms with van der Waals surface area (Å²) in [6, 6.07) is 3.20. The van der Waals surface area contributed by atoms with Crippen molar-refractivity contribution in [2.24, 2.45) is 0 Å². The monoisotopic (exact) mass is 254 g/mol. The maximum atomic E-state index is 13.0. The molecule has 1 atom stereocenters. The molecular formula is C14H16F2O2. The average Bonchev–Trinajstić information content (AvgIpc) is 2.28. The lowest BCUT2D eigenvalue weighted by Gasteiger charge is -2.21. The van der Waals surface area contributed by atoms with Crippen molar-refractivity contribution in [1.29, 1.82) is 0 Å². The maximum absolute atomic E-state index is 13.0. The summed E-state index contributed by atoms with van der Waals surface area (Å²) in [5.41, 5.74) is 0.383. The van der Waals surface area contributed by atoms with Gasteiger partial charge in [-0.1, -0.05) is 0 Å². The van der Waals surface area contributed by atoms with Gasteiger partial charge in [0, 0.05) is 25.5 Å². The number of hydrogen-bond acceptors (Lipinski definition) is 2. The lowest BCUT2D eigenvalue weighted by molar-refractivity contribution is -0.122. The topological polar surface area (TPSA) is 26.3 Å². The molecule has 1 saturated heterocycles. The van der Waals surface area contributed by atoms with Crippen LogP contribution in [0.5, 0.6) is 0 Å². The Balaban J connectivity index is 1.89. The quantitative estimate of drug-likeness (QED) is 0.825. The molecule has 2 nitrogen and oxygen atoms in total. The van der Waals surface area contributed by atoms with Crippen LogP contribution in [-0.4, -0.2) is 18.5 Å². The van der Waals surface area contributed by atoms with E-state index in [-0.39, 0.29) is 18.3 Å². The first kappa shape index (κ1) is 13.1. The zero-order chi connectivity index (χ0) is 13.0. The van der Waals surface area contributed by atoms with Crippen molar-refractivity contribution in [2.45, 2.75) is 38.2 Å². The van der Waals surface area contributed by atoms with E-state index in [0.29, 0.717) is 18.6 Å². The van der Waals surface area contributed by atoms with Crippen molar-refractivity contribution in [3.05, 3.63) is 35.4 Å². The van der Waals surface area contributed by atoms with E-state index in [0.717, 1.165) is 25.3 Å². The third-order valence-corrected chi connectivity index (χ3v) is 3.05. The fourth-order valence-corrected chi connectivity index (χ4v) is 2.24. The Morgan fingerprint density at radius 1 is 1.22 bits per heavy atom. The Kier molecular flexibility index (Phi) is 4.42. The number of ketones is 1. The number of carbonyl (C=O) groups excluding carboxylic acids is 1. The number of ether oxygens (including phenoxy) is 1. The van der Waals surface area contributed by atoms with E-state index < -0.39 is 11.6 Å². The second-order valence-electron chi connectivity index (χ2n) is 4.69. The molecule has 0 aromatic heterocycles. The summed E-state index contributed by atoms with van der Waals surface area (Å²) in [6.07, 6.45) is 3.38. The summed E-state index contributed by atoms with van der Waals surface area (Å²) in [5, 5.41) is 0. The molecule has 0 amide bonds. The van der Waals surface area contributed by atoms with Crippen LogP contribution in [0.2, 0.25) is 0 Å². The van der Waals surface area contributed by atoms with E-state index in [2.05, 4.69) is 0 Å². The normalized spacial score (nSPS) is 19.8. The SMILES string of the molecule is O=C(Cc1cc(F)cc(F)c1)CC1CCCCO1. The van der Waals surface area contributed by atoms with E-state index in [1.54, 1.807) is 0 Å². The van der Waals surface area contributed by atoms with Gasteiger partial charge < -0.3 is 4.74 Å².